The van der Waals surface area contributed by atoms with Gasteiger partial charge in [-0.3, -0.25) is 9.69 Å². The number of nitrogens with zero attached hydrogens (tertiary/aromatic N) is 1. The third-order valence-corrected chi connectivity index (χ3v) is 4.04. The second-order valence-corrected chi connectivity index (χ2v) is 6.40. The fraction of sp³-hybridized carbons (Fsp3) is 0.933. The molecule has 1 unspecified atom stereocenters. The Morgan fingerprint density at radius 1 is 1.45 bits per heavy atom. The van der Waals surface area contributed by atoms with E-state index < -0.39 is 5.97 Å². The molecular weight excluding hydrogens is 256 g/mol. The molecule has 118 valence electrons. The highest BCUT2D eigenvalue weighted by atomic mass is 16.5. The molecule has 1 saturated heterocycles. The van der Waals surface area contributed by atoms with Crippen molar-refractivity contribution in [3.63, 3.8) is 0 Å². The molecular formula is C15H30N2O3. The maximum Gasteiger partial charge on any atom is 0.303 e. The van der Waals surface area contributed by atoms with Crippen molar-refractivity contribution < 1.29 is 14.6 Å². The molecule has 0 aromatic heterocycles. The Morgan fingerprint density at radius 2 is 2.20 bits per heavy atom. The van der Waals surface area contributed by atoms with Gasteiger partial charge >= 0.3 is 5.97 Å². The lowest BCUT2D eigenvalue weighted by Gasteiger charge is -2.32. The molecule has 1 aliphatic heterocycles. The summed E-state index contributed by atoms with van der Waals surface area (Å²) in [5, 5.41) is 12.2. The minimum atomic E-state index is -0.707. The molecule has 1 atom stereocenters. The van der Waals surface area contributed by atoms with E-state index in [4.69, 9.17) is 9.84 Å². The van der Waals surface area contributed by atoms with Gasteiger partial charge in [0.1, 0.15) is 0 Å². The van der Waals surface area contributed by atoms with Crippen LogP contribution < -0.4 is 5.32 Å². The highest BCUT2D eigenvalue weighted by Crippen LogP contribution is 2.25. The van der Waals surface area contributed by atoms with Crippen LogP contribution in [0.5, 0.6) is 0 Å². The van der Waals surface area contributed by atoms with E-state index in [0.717, 1.165) is 52.2 Å². The first kappa shape index (κ1) is 17.4. The van der Waals surface area contributed by atoms with E-state index in [1.807, 2.05) is 0 Å². The van der Waals surface area contributed by atoms with E-state index in [1.165, 1.54) is 0 Å². The Morgan fingerprint density at radius 3 is 2.85 bits per heavy atom. The molecule has 5 nitrogen and oxygen atoms in total. The fourth-order valence-electron chi connectivity index (χ4n) is 2.45. The highest BCUT2D eigenvalue weighted by molar-refractivity contribution is 5.66. The van der Waals surface area contributed by atoms with Gasteiger partial charge in [-0.05, 0) is 31.3 Å². The molecule has 20 heavy (non-hydrogen) atoms. The van der Waals surface area contributed by atoms with Crippen LogP contribution in [-0.2, 0) is 9.53 Å². The summed E-state index contributed by atoms with van der Waals surface area (Å²) >= 11 is 0. The molecule has 0 saturated carbocycles. The lowest BCUT2D eigenvalue weighted by molar-refractivity contribution is -0.137. The Balaban J connectivity index is 2.12. The van der Waals surface area contributed by atoms with Crippen molar-refractivity contribution >= 4 is 5.97 Å². The molecule has 1 fully saturated rings. The molecule has 1 rings (SSSR count). The number of nitrogens with one attached hydrogen (secondary N) is 1. The average Bonchev–Trinajstić information content (AvgIpc) is 2.42. The summed E-state index contributed by atoms with van der Waals surface area (Å²) < 4.78 is 5.74. The van der Waals surface area contributed by atoms with Crippen LogP contribution >= 0.6 is 0 Å². The number of carbonyl (C=O) groups is 1. The van der Waals surface area contributed by atoms with E-state index in [9.17, 15) is 4.79 Å². The maximum absolute atomic E-state index is 10.6. The van der Waals surface area contributed by atoms with Gasteiger partial charge in [-0.25, -0.2) is 0 Å². The van der Waals surface area contributed by atoms with Crippen molar-refractivity contribution in [1.29, 1.82) is 0 Å². The van der Waals surface area contributed by atoms with Crippen molar-refractivity contribution in [1.82, 2.24) is 10.2 Å². The number of morpholine rings is 1. The van der Waals surface area contributed by atoms with Crippen molar-refractivity contribution in [2.45, 2.75) is 46.1 Å². The van der Waals surface area contributed by atoms with Crippen LogP contribution in [0.25, 0.3) is 0 Å². The van der Waals surface area contributed by atoms with Gasteiger partial charge in [-0.1, -0.05) is 20.8 Å². The molecule has 0 radical (unpaired) electrons. The zero-order valence-corrected chi connectivity index (χ0v) is 13.2. The molecule has 0 aromatic carbocycles. The molecule has 1 heterocycles. The Kier molecular flexibility index (Phi) is 7.48. The lowest BCUT2D eigenvalue weighted by atomic mass is 9.84. The van der Waals surface area contributed by atoms with Crippen molar-refractivity contribution in [2.24, 2.45) is 5.41 Å². The SMILES string of the molecule is CCN1CCOC(CNCCC(C)(C)CCC(=O)O)C1. The monoisotopic (exact) mass is 286 g/mol. The smallest absolute Gasteiger partial charge is 0.303 e. The largest absolute Gasteiger partial charge is 0.481 e. The van der Waals surface area contributed by atoms with E-state index in [0.29, 0.717) is 0 Å². The van der Waals surface area contributed by atoms with Crippen LogP contribution in [0.4, 0.5) is 0 Å². The van der Waals surface area contributed by atoms with Gasteiger partial charge in [-0.2, -0.15) is 0 Å². The number of ether oxygens (including phenoxy) is 1. The number of rotatable bonds is 9. The maximum atomic E-state index is 10.6. The average molecular weight is 286 g/mol. The Hall–Kier alpha value is -0.650. The first-order valence-corrected chi connectivity index (χ1v) is 7.69. The summed E-state index contributed by atoms with van der Waals surface area (Å²) in [5.74, 6) is -0.707. The number of hydrogen-bond donors (Lipinski definition) is 2. The van der Waals surface area contributed by atoms with Crippen LogP contribution in [0.1, 0.15) is 40.0 Å². The van der Waals surface area contributed by atoms with Crippen molar-refractivity contribution in [2.75, 3.05) is 39.3 Å². The minimum Gasteiger partial charge on any atom is -0.481 e. The van der Waals surface area contributed by atoms with Gasteiger partial charge < -0.3 is 15.2 Å². The number of carboxylic acid groups (broad SMARTS) is 1. The quantitative estimate of drug-likeness (QED) is 0.630. The zero-order chi connectivity index (χ0) is 15.0. The van der Waals surface area contributed by atoms with E-state index in [-0.39, 0.29) is 17.9 Å². The number of hydrogen-bond acceptors (Lipinski definition) is 4. The second-order valence-electron chi connectivity index (χ2n) is 6.40. The highest BCUT2D eigenvalue weighted by Gasteiger charge is 2.21. The summed E-state index contributed by atoms with van der Waals surface area (Å²) in [5.41, 5.74) is 0.0776. The first-order valence-electron chi connectivity index (χ1n) is 7.69. The standard InChI is InChI=1S/C15H30N2O3/c1-4-17-9-10-20-13(12-17)11-16-8-7-15(2,3)6-5-14(18)19/h13,16H,4-12H2,1-3H3,(H,18,19). The third-order valence-electron chi connectivity index (χ3n) is 4.04. The predicted octanol–water partition coefficient (Wildman–Crippen LogP) is 1.58. The van der Waals surface area contributed by atoms with Crippen LogP contribution in [0, 0.1) is 5.41 Å². The van der Waals surface area contributed by atoms with Crippen LogP contribution in [-0.4, -0.2) is 61.4 Å². The van der Waals surface area contributed by atoms with E-state index in [2.05, 4.69) is 31.0 Å². The van der Waals surface area contributed by atoms with Gasteiger partial charge in [0.2, 0.25) is 0 Å². The molecule has 2 N–H and O–H groups in total. The summed E-state index contributed by atoms with van der Waals surface area (Å²) in [6, 6.07) is 0. The summed E-state index contributed by atoms with van der Waals surface area (Å²) in [4.78, 5) is 13.0. The summed E-state index contributed by atoms with van der Waals surface area (Å²) in [6.07, 6.45) is 2.26. The summed E-state index contributed by atoms with van der Waals surface area (Å²) in [7, 11) is 0. The van der Waals surface area contributed by atoms with E-state index in [1.54, 1.807) is 0 Å². The predicted molar refractivity (Wildman–Crippen MR) is 80.0 cm³/mol. The van der Waals surface area contributed by atoms with Crippen LogP contribution in [0.3, 0.4) is 0 Å². The topological polar surface area (TPSA) is 61.8 Å². The van der Waals surface area contributed by atoms with Gasteiger partial charge in [0, 0.05) is 26.1 Å². The number of aliphatic carboxylic acids is 1. The third kappa shape index (κ3) is 7.22. The molecule has 0 spiro atoms. The molecule has 0 amide bonds. The molecule has 1 aliphatic rings. The Labute approximate surface area is 122 Å². The minimum absolute atomic E-state index is 0.0776. The number of carboxylic acids is 1. The van der Waals surface area contributed by atoms with Gasteiger partial charge in [-0.15, -0.1) is 0 Å². The van der Waals surface area contributed by atoms with Gasteiger partial charge in [0.25, 0.3) is 0 Å². The van der Waals surface area contributed by atoms with Crippen LogP contribution in [0.15, 0.2) is 0 Å². The van der Waals surface area contributed by atoms with Crippen molar-refractivity contribution in [3.05, 3.63) is 0 Å². The Bertz CT molecular complexity index is 295. The first-order chi connectivity index (χ1) is 9.43. The van der Waals surface area contributed by atoms with Gasteiger partial charge in [0.15, 0.2) is 0 Å². The fourth-order valence-corrected chi connectivity index (χ4v) is 2.45. The lowest BCUT2D eigenvalue weighted by Crippen LogP contribution is -2.46. The van der Waals surface area contributed by atoms with Crippen LogP contribution in [0.2, 0.25) is 0 Å². The molecule has 5 heteroatoms. The zero-order valence-electron chi connectivity index (χ0n) is 13.2. The second kappa shape index (κ2) is 8.60. The van der Waals surface area contributed by atoms with Crippen molar-refractivity contribution in [3.8, 4) is 0 Å². The van der Waals surface area contributed by atoms with E-state index >= 15 is 0 Å². The van der Waals surface area contributed by atoms with Gasteiger partial charge in [0.05, 0.1) is 12.7 Å². The molecule has 0 aliphatic carbocycles. The normalized spacial score (nSPS) is 21.1. The molecule has 0 aromatic rings. The number of likely N-dealkylation sites (N-methyl/N-ethyl adjacent to an activating group) is 1. The molecule has 0 bridgehead atoms. The summed E-state index contributed by atoms with van der Waals surface area (Å²) in [6.45, 7) is 12.2.